The van der Waals surface area contributed by atoms with Crippen LogP contribution in [0.4, 0.5) is 0 Å². The molecule has 2 aromatic rings. The molecule has 2 rings (SSSR count). The maximum absolute atomic E-state index is 5.34. The lowest BCUT2D eigenvalue weighted by Crippen LogP contribution is -2.30. The van der Waals surface area contributed by atoms with Crippen LogP contribution in [-0.2, 0) is 6.54 Å². The van der Waals surface area contributed by atoms with Crippen molar-refractivity contribution < 1.29 is 9.47 Å². The normalized spacial score (nSPS) is 12.2. The van der Waals surface area contributed by atoms with Crippen molar-refractivity contribution in [3.05, 3.63) is 59.7 Å². The molecule has 4 nitrogen and oxygen atoms in total. The van der Waals surface area contributed by atoms with Crippen LogP contribution in [0.1, 0.15) is 17.2 Å². The Morgan fingerprint density at radius 1 is 0.957 bits per heavy atom. The highest BCUT2D eigenvalue weighted by molar-refractivity contribution is 5.38. The second-order valence-electron chi connectivity index (χ2n) is 5.83. The highest BCUT2D eigenvalue weighted by Gasteiger charge is 2.12. The van der Waals surface area contributed by atoms with E-state index in [1.54, 1.807) is 14.2 Å². The van der Waals surface area contributed by atoms with E-state index in [1.807, 2.05) is 24.3 Å². The largest absolute Gasteiger partial charge is 0.497 e. The SMILES string of the molecule is COc1cc(CN[C@@H](CN(C)C)c2ccccc2)cc(OC)c1. The molecule has 0 unspecified atom stereocenters. The summed E-state index contributed by atoms with van der Waals surface area (Å²) in [5.41, 5.74) is 2.43. The van der Waals surface area contributed by atoms with E-state index in [9.17, 15) is 0 Å². The van der Waals surface area contributed by atoms with Gasteiger partial charge in [-0.05, 0) is 37.4 Å². The van der Waals surface area contributed by atoms with E-state index in [4.69, 9.17) is 9.47 Å². The zero-order valence-corrected chi connectivity index (χ0v) is 14.4. The Kier molecular flexibility index (Phi) is 6.44. The van der Waals surface area contributed by atoms with Crippen molar-refractivity contribution in [2.24, 2.45) is 0 Å². The van der Waals surface area contributed by atoms with Crippen LogP contribution in [-0.4, -0.2) is 39.8 Å². The Labute approximate surface area is 139 Å². The van der Waals surface area contributed by atoms with Crippen LogP contribution in [0, 0.1) is 0 Å². The molecular weight excluding hydrogens is 288 g/mol. The fourth-order valence-corrected chi connectivity index (χ4v) is 2.55. The van der Waals surface area contributed by atoms with Gasteiger partial charge in [-0.2, -0.15) is 0 Å². The summed E-state index contributed by atoms with van der Waals surface area (Å²) in [4.78, 5) is 2.19. The Hall–Kier alpha value is -2.04. The molecular formula is C19H26N2O2. The van der Waals surface area contributed by atoms with Gasteiger partial charge >= 0.3 is 0 Å². The molecule has 0 aliphatic carbocycles. The summed E-state index contributed by atoms with van der Waals surface area (Å²) >= 11 is 0. The molecule has 0 spiro atoms. The molecule has 23 heavy (non-hydrogen) atoms. The van der Waals surface area contributed by atoms with Crippen LogP contribution >= 0.6 is 0 Å². The topological polar surface area (TPSA) is 33.7 Å². The van der Waals surface area contributed by atoms with Crippen LogP contribution in [0.25, 0.3) is 0 Å². The van der Waals surface area contributed by atoms with E-state index < -0.39 is 0 Å². The van der Waals surface area contributed by atoms with Crippen molar-refractivity contribution in [3.63, 3.8) is 0 Å². The second-order valence-corrected chi connectivity index (χ2v) is 5.83. The van der Waals surface area contributed by atoms with Gasteiger partial charge in [0.15, 0.2) is 0 Å². The molecule has 1 N–H and O–H groups in total. The van der Waals surface area contributed by atoms with E-state index in [0.29, 0.717) is 0 Å². The van der Waals surface area contributed by atoms with Crippen molar-refractivity contribution in [3.8, 4) is 11.5 Å². The summed E-state index contributed by atoms with van der Waals surface area (Å²) in [6.45, 7) is 1.69. The van der Waals surface area contributed by atoms with Gasteiger partial charge in [0.05, 0.1) is 14.2 Å². The number of ether oxygens (including phenoxy) is 2. The van der Waals surface area contributed by atoms with Crippen molar-refractivity contribution >= 4 is 0 Å². The Morgan fingerprint density at radius 3 is 2.09 bits per heavy atom. The second kappa shape index (κ2) is 8.56. The van der Waals surface area contributed by atoms with Crippen LogP contribution in [0.2, 0.25) is 0 Å². The minimum atomic E-state index is 0.267. The third kappa shape index (κ3) is 5.27. The van der Waals surface area contributed by atoms with E-state index in [1.165, 1.54) is 5.56 Å². The van der Waals surface area contributed by atoms with Gasteiger partial charge in [-0.3, -0.25) is 0 Å². The predicted octanol–water partition coefficient (Wildman–Crippen LogP) is 3.10. The summed E-state index contributed by atoms with van der Waals surface area (Å²) < 4.78 is 10.7. The van der Waals surface area contributed by atoms with E-state index in [2.05, 4.69) is 48.6 Å². The summed E-state index contributed by atoms with van der Waals surface area (Å²) in [6.07, 6.45) is 0. The lowest BCUT2D eigenvalue weighted by molar-refractivity contribution is 0.340. The summed E-state index contributed by atoms with van der Waals surface area (Å²) in [6, 6.07) is 16.7. The Morgan fingerprint density at radius 2 is 1.57 bits per heavy atom. The van der Waals surface area contributed by atoms with Crippen molar-refractivity contribution in [1.82, 2.24) is 10.2 Å². The summed E-state index contributed by atoms with van der Waals surface area (Å²) in [5, 5.41) is 3.63. The van der Waals surface area contributed by atoms with Crippen molar-refractivity contribution in [2.75, 3.05) is 34.9 Å². The monoisotopic (exact) mass is 314 g/mol. The number of benzene rings is 2. The fraction of sp³-hybridized carbons (Fsp3) is 0.368. The number of rotatable bonds is 8. The molecule has 0 aliphatic heterocycles. The number of nitrogens with one attached hydrogen (secondary N) is 1. The van der Waals surface area contributed by atoms with Gasteiger partial charge in [-0.1, -0.05) is 30.3 Å². The number of methoxy groups -OCH3 is 2. The first-order valence-electron chi connectivity index (χ1n) is 7.77. The number of nitrogens with zero attached hydrogens (tertiary/aromatic N) is 1. The van der Waals surface area contributed by atoms with Gasteiger partial charge in [0.1, 0.15) is 11.5 Å². The van der Waals surface area contributed by atoms with Gasteiger partial charge in [0.25, 0.3) is 0 Å². The molecule has 0 fully saturated rings. The molecule has 0 saturated heterocycles. The molecule has 0 bridgehead atoms. The maximum atomic E-state index is 5.34. The minimum absolute atomic E-state index is 0.267. The van der Waals surface area contributed by atoms with Gasteiger partial charge < -0.3 is 19.7 Å². The number of likely N-dealkylation sites (N-methyl/N-ethyl adjacent to an activating group) is 1. The molecule has 2 aromatic carbocycles. The Balaban J connectivity index is 2.12. The smallest absolute Gasteiger partial charge is 0.122 e. The van der Waals surface area contributed by atoms with Gasteiger partial charge in [-0.25, -0.2) is 0 Å². The van der Waals surface area contributed by atoms with Crippen LogP contribution < -0.4 is 14.8 Å². The standard InChI is InChI=1S/C19H26N2O2/c1-21(2)14-19(16-8-6-5-7-9-16)20-13-15-10-17(22-3)12-18(11-15)23-4/h5-12,19-20H,13-14H2,1-4H3/t19-/m0/s1. The van der Waals surface area contributed by atoms with E-state index in [0.717, 1.165) is 30.2 Å². The first-order chi connectivity index (χ1) is 11.1. The summed E-state index contributed by atoms with van der Waals surface area (Å²) in [7, 11) is 7.52. The lowest BCUT2D eigenvalue weighted by atomic mass is 10.1. The highest BCUT2D eigenvalue weighted by Crippen LogP contribution is 2.23. The highest BCUT2D eigenvalue weighted by atomic mass is 16.5. The van der Waals surface area contributed by atoms with Crippen molar-refractivity contribution in [1.29, 1.82) is 0 Å². The first-order valence-corrected chi connectivity index (χ1v) is 7.77. The molecule has 124 valence electrons. The zero-order valence-electron chi connectivity index (χ0n) is 14.4. The van der Waals surface area contributed by atoms with E-state index >= 15 is 0 Å². The average molecular weight is 314 g/mol. The van der Waals surface area contributed by atoms with E-state index in [-0.39, 0.29) is 6.04 Å². The van der Waals surface area contributed by atoms with Gasteiger partial charge in [0.2, 0.25) is 0 Å². The van der Waals surface area contributed by atoms with Crippen LogP contribution in [0.5, 0.6) is 11.5 Å². The first kappa shape index (κ1) is 17.3. The number of hydrogen-bond acceptors (Lipinski definition) is 4. The zero-order chi connectivity index (χ0) is 16.7. The molecule has 0 heterocycles. The maximum Gasteiger partial charge on any atom is 0.122 e. The molecule has 0 aromatic heterocycles. The molecule has 1 atom stereocenters. The molecule has 0 radical (unpaired) electrons. The van der Waals surface area contributed by atoms with Crippen LogP contribution in [0.3, 0.4) is 0 Å². The quantitative estimate of drug-likeness (QED) is 0.812. The van der Waals surface area contributed by atoms with Crippen LogP contribution in [0.15, 0.2) is 48.5 Å². The van der Waals surface area contributed by atoms with Gasteiger partial charge in [0, 0.05) is 25.2 Å². The molecule has 0 amide bonds. The minimum Gasteiger partial charge on any atom is -0.497 e. The molecule has 4 heteroatoms. The molecule has 0 aliphatic rings. The van der Waals surface area contributed by atoms with Crippen molar-refractivity contribution in [2.45, 2.75) is 12.6 Å². The Bertz CT molecular complexity index is 577. The third-order valence-electron chi connectivity index (χ3n) is 3.71. The molecule has 0 saturated carbocycles. The number of hydrogen-bond donors (Lipinski definition) is 1. The average Bonchev–Trinajstić information content (AvgIpc) is 2.58. The lowest BCUT2D eigenvalue weighted by Gasteiger charge is -2.23. The fourth-order valence-electron chi connectivity index (χ4n) is 2.55. The van der Waals surface area contributed by atoms with Gasteiger partial charge in [-0.15, -0.1) is 0 Å². The summed E-state index contributed by atoms with van der Waals surface area (Å²) in [5.74, 6) is 1.62. The predicted molar refractivity (Wildman–Crippen MR) is 94.1 cm³/mol. The third-order valence-corrected chi connectivity index (χ3v) is 3.71.